The van der Waals surface area contributed by atoms with Crippen molar-refractivity contribution >= 4 is 0 Å². The van der Waals surface area contributed by atoms with Crippen LogP contribution in [0.5, 0.6) is 0 Å². The highest BCUT2D eigenvalue weighted by Gasteiger charge is 2.25. The molecule has 0 spiro atoms. The molecule has 17 heavy (non-hydrogen) atoms. The Kier molecular flexibility index (Phi) is 6.92. The Bertz CT molecular complexity index is 183. The summed E-state index contributed by atoms with van der Waals surface area (Å²) in [6.07, 6.45) is -0.321. The molecule has 0 aromatic rings. The topological polar surface area (TPSA) is 30.5 Å². The second-order valence-electron chi connectivity index (χ2n) is 4.94. The third-order valence-corrected chi connectivity index (χ3v) is 2.67. The number of alkyl halides is 2. The summed E-state index contributed by atoms with van der Waals surface area (Å²) < 4.78 is 34.3. The Morgan fingerprint density at radius 1 is 1.29 bits per heavy atom. The van der Waals surface area contributed by atoms with Crippen molar-refractivity contribution in [3.63, 3.8) is 0 Å². The molecular weight excluding hydrogens is 228 g/mol. The number of halogens is 2. The molecule has 0 bridgehead atoms. The van der Waals surface area contributed by atoms with E-state index >= 15 is 0 Å². The van der Waals surface area contributed by atoms with Crippen LogP contribution in [-0.2, 0) is 9.47 Å². The average molecular weight is 251 g/mol. The van der Waals surface area contributed by atoms with Crippen molar-refractivity contribution < 1.29 is 18.3 Å². The van der Waals surface area contributed by atoms with Crippen molar-refractivity contribution in [2.75, 3.05) is 26.3 Å². The van der Waals surface area contributed by atoms with Crippen LogP contribution in [0.3, 0.4) is 0 Å². The normalized spacial score (nSPS) is 25.1. The molecule has 1 aliphatic heterocycles. The van der Waals surface area contributed by atoms with Crippen LogP contribution in [0.1, 0.15) is 26.7 Å². The number of hydrogen-bond donors (Lipinski definition) is 1. The smallest absolute Gasteiger partial charge is 0.261 e. The fraction of sp³-hybridized carbons (Fsp3) is 1.00. The molecule has 1 fully saturated rings. The standard InChI is InChI=1S/C12H23F2NO2/c1-9(2)5-15-6-10-3-4-11(17-10)7-16-8-12(13)14/h9-12,15H,3-8H2,1-2H3. The number of rotatable bonds is 8. The van der Waals surface area contributed by atoms with Crippen LogP contribution in [0, 0.1) is 5.92 Å². The first kappa shape index (κ1) is 14.8. The van der Waals surface area contributed by atoms with E-state index in [1.807, 2.05) is 0 Å². The summed E-state index contributed by atoms with van der Waals surface area (Å²) in [6, 6.07) is 0. The average Bonchev–Trinajstić information content (AvgIpc) is 2.65. The first-order valence-corrected chi connectivity index (χ1v) is 6.30. The molecule has 3 nitrogen and oxygen atoms in total. The van der Waals surface area contributed by atoms with Gasteiger partial charge in [-0.1, -0.05) is 13.8 Å². The van der Waals surface area contributed by atoms with E-state index < -0.39 is 13.0 Å². The Morgan fingerprint density at radius 2 is 2.00 bits per heavy atom. The Morgan fingerprint density at radius 3 is 2.65 bits per heavy atom. The van der Waals surface area contributed by atoms with Gasteiger partial charge < -0.3 is 14.8 Å². The van der Waals surface area contributed by atoms with Crippen LogP contribution < -0.4 is 5.32 Å². The molecule has 102 valence electrons. The van der Waals surface area contributed by atoms with Gasteiger partial charge in [-0.25, -0.2) is 8.78 Å². The van der Waals surface area contributed by atoms with Crippen LogP contribution in [0.2, 0.25) is 0 Å². The van der Waals surface area contributed by atoms with Crippen LogP contribution in [0.15, 0.2) is 0 Å². The maximum Gasteiger partial charge on any atom is 0.261 e. The Labute approximate surface area is 102 Å². The molecule has 1 aliphatic rings. The highest BCUT2D eigenvalue weighted by atomic mass is 19.3. The summed E-state index contributed by atoms with van der Waals surface area (Å²) in [5.74, 6) is 0.626. The van der Waals surface area contributed by atoms with E-state index in [0.29, 0.717) is 5.92 Å². The molecule has 2 unspecified atom stereocenters. The number of ether oxygens (including phenoxy) is 2. The molecule has 0 saturated carbocycles. The first-order chi connectivity index (χ1) is 8.08. The van der Waals surface area contributed by atoms with Gasteiger partial charge in [-0.05, 0) is 25.3 Å². The molecule has 5 heteroatoms. The maximum atomic E-state index is 11.9. The molecule has 2 atom stereocenters. The summed E-state index contributed by atoms with van der Waals surface area (Å²) in [5.41, 5.74) is 0. The van der Waals surface area contributed by atoms with E-state index in [1.165, 1.54) is 0 Å². The molecule has 0 aromatic heterocycles. The minimum atomic E-state index is -2.39. The second kappa shape index (κ2) is 7.95. The van der Waals surface area contributed by atoms with E-state index in [2.05, 4.69) is 19.2 Å². The lowest BCUT2D eigenvalue weighted by atomic mass is 10.2. The van der Waals surface area contributed by atoms with Gasteiger partial charge in [-0.3, -0.25) is 0 Å². The minimum Gasteiger partial charge on any atom is -0.373 e. The van der Waals surface area contributed by atoms with Gasteiger partial charge in [0.15, 0.2) is 0 Å². The highest BCUT2D eigenvalue weighted by molar-refractivity contribution is 4.75. The van der Waals surface area contributed by atoms with Crippen molar-refractivity contribution in [1.29, 1.82) is 0 Å². The fourth-order valence-corrected chi connectivity index (χ4v) is 1.87. The lowest BCUT2D eigenvalue weighted by Crippen LogP contribution is -2.30. The van der Waals surface area contributed by atoms with Gasteiger partial charge >= 0.3 is 0 Å². The molecule has 0 amide bonds. The Balaban J connectivity index is 2.02. The quantitative estimate of drug-likeness (QED) is 0.716. The van der Waals surface area contributed by atoms with E-state index in [-0.39, 0.29) is 18.8 Å². The van der Waals surface area contributed by atoms with Crippen LogP contribution in [0.4, 0.5) is 8.78 Å². The summed E-state index contributed by atoms with van der Waals surface area (Å²) in [7, 11) is 0. The maximum absolute atomic E-state index is 11.9. The predicted molar refractivity (Wildman–Crippen MR) is 62.4 cm³/mol. The number of nitrogens with one attached hydrogen (secondary N) is 1. The SMILES string of the molecule is CC(C)CNCC1CCC(COCC(F)F)O1. The molecule has 0 aliphatic carbocycles. The van der Waals surface area contributed by atoms with Gasteiger partial charge in [0.1, 0.15) is 6.61 Å². The third kappa shape index (κ3) is 6.91. The number of hydrogen-bond acceptors (Lipinski definition) is 3. The molecule has 1 heterocycles. The van der Waals surface area contributed by atoms with E-state index in [0.717, 1.165) is 25.9 Å². The summed E-state index contributed by atoms with van der Waals surface area (Å²) >= 11 is 0. The van der Waals surface area contributed by atoms with Crippen molar-refractivity contribution in [3.05, 3.63) is 0 Å². The lowest BCUT2D eigenvalue weighted by molar-refractivity contribution is -0.0434. The molecule has 1 N–H and O–H groups in total. The van der Waals surface area contributed by atoms with E-state index in [9.17, 15) is 8.78 Å². The lowest BCUT2D eigenvalue weighted by Gasteiger charge is -2.15. The van der Waals surface area contributed by atoms with Gasteiger partial charge in [0.25, 0.3) is 6.43 Å². The van der Waals surface area contributed by atoms with Gasteiger partial charge in [-0.15, -0.1) is 0 Å². The van der Waals surface area contributed by atoms with Crippen molar-refractivity contribution in [2.24, 2.45) is 5.92 Å². The van der Waals surface area contributed by atoms with Crippen LogP contribution >= 0.6 is 0 Å². The zero-order chi connectivity index (χ0) is 12.7. The zero-order valence-electron chi connectivity index (χ0n) is 10.6. The van der Waals surface area contributed by atoms with E-state index in [1.54, 1.807) is 0 Å². The molecule has 1 saturated heterocycles. The monoisotopic (exact) mass is 251 g/mol. The van der Waals surface area contributed by atoms with Crippen molar-refractivity contribution in [1.82, 2.24) is 5.32 Å². The molecule has 0 radical (unpaired) electrons. The zero-order valence-corrected chi connectivity index (χ0v) is 10.6. The first-order valence-electron chi connectivity index (χ1n) is 6.30. The molecule has 0 aromatic carbocycles. The highest BCUT2D eigenvalue weighted by Crippen LogP contribution is 2.19. The summed E-state index contributed by atoms with van der Waals surface area (Å²) in [6.45, 7) is 5.92. The van der Waals surface area contributed by atoms with Crippen molar-refractivity contribution in [3.8, 4) is 0 Å². The third-order valence-electron chi connectivity index (χ3n) is 2.67. The molecular formula is C12H23F2NO2. The van der Waals surface area contributed by atoms with Gasteiger partial charge in [0.05, 0.1) is 18.8 Å². The van der Waals surface area contributed by atoms with Gasteiger partial charge in [0, 0.05) is 6.54 Å². The molecule has 1 rings (SSSR count). The second-order valence-corrected chi connectivity index (χ2v) is 4.94. The van der Waals surface area contributed by atoms with E-state index in [4.69, 9.17) is 9.47 Å². The van der Waals surface area contributed by atoms with Crippen LogP contribution in [0.25, 0.3) is 0 Å². The fourth-order valence-electron chi connectivity index (χ4n) is 1.87. The largest absolute Gasteiger partial charge is 0.373 e. The summed E-state index contributed by atoms with van der Waals surface area (Å²) in [5, 5.41) is 3.34. The van der Waals surface area contributed by atoms with Gasteiger partial charge in [0.2, 0.25) is 0 Å². The van der Waals surface area contributed by atoms with Gasteiger partial charge in [-0.2, -0.15) is 0 Å². The Hall–Kier alpha value is -0.260. The van der Waals surface area contributed by atoms with Crippen molar-refractivity contribution in [2.45, 2.75) is 45.3 Å². The minimum absolute atomic E-state index is 0.0143. The predicted octanol–water partition coefficient (Wildman–Crippen LogP) is 2.06. The van der Waals surface area contributed by atoms with Crippen LogP contribution in [-0.4, -0.2) is 44.9 Å². The summed E-state index contributed by atoms with van der Waals surface area (Å²) in [4.78, 5) is 0.